The maximum absolute atomic E-state index is 5.94. The minimum absolute atomic E-state index is 0.682. The molecule has 5 heteroatoms. The highest BCUT2D eigenvalue weighted by Gasteiger charge is 2.39. The Hall–Kier alpha value is 0.0569. The second kappa shape index (κ2) is 24.7. The molecule has 0 aromatic carbocycles. The Morgan fingerprint density at radius 3 is 0.935 bits per heavy atom. The van der Waals surface area contributed by atoms with Crippen LogP contribution in [0.3, 0.4) is 0 Å². The molecule has 0 aromatic heterocycles. The minimum atomic E-state index is -2.41. The Kier molecular flexibility index (Phi) is 24.7. The van der Waals surface area contributed by atoms with E-state index in [2.05, 4.69) is 0 Å². The lowest BCUT2D eigenvalue weighted by atomic mass is 10.0. The Labute approximate surface area is 196 Å². The van der Waals surface area contributed by atoms with Crippen molar-refractivity contribution in [3.05, 3.63) is 0 Å². The molecule has 0 aliphatic heterocycles. The van der Waals surface area contributed by atoms with E-state index in [0.29, 0.717) is 19.8 Å². The van der Waals surface area contributed by atoms with Gasteiger partial charge in [0, 0.05) is 25.9 Å². The van der Waals surface area contributed by atoms with Crippen molar-refractivity contribution >= 4 is 8.80 Å². The maximum Gasteiger partial charge on any atom is 0.500 e. The number of hydrogen-bond donors (Lipinski definition) is 1. The molecule has 0 aliphatic carbocycles. The van der Waals surface area contributed by atoms with Crippen molar-refractivity contribution in [2.75, 3.05) is 26.4 Å². The molecule has 4 nitrogen and oxygen atoms in total. The van der Waals surface area contributed by atoms with E-state index < -0.39 is 8.80 Å². The van der Waals surface area contributed by atoms with Gasteiger partial charge in [-0.25, -0.2) is 0 Å². The van der Waals surface area contributed by atoms with Crippen LogP contribution in [0.5, 0.6) is 0 Å². The Morgan fingerprint density at radius 1 is 0.419 bits per heavy atom. The van der Waals surface area contributed by atoms with Crippen LogP contribution in [0.2, 0.25) is 6.04 Å². The smallest absolute Gasteiger partial charge is 0.374 e. The van der Waals surface area contributed by atoms with Gasteiger partial charge in [0.2, 0.25) is 0 Å². The van der Waals surface area contributed by atoms with Crippen molar-refractivity contribution in [2.45, 2.75) is 142 Å². The summed E-state index contributed by atoms with van der Waals surface area (Å²) in [6.07, 6.45) is 24.8. The summed E-state index contributed by atoms with van der Waals surface area (Å²) in [6, 6.07) is 0.969. The van der Waals surface area contributed by atoms with Gasteiger partial charge in [-0.15, -0.1) is 0 Å². The second-order valence-corrected chi connectivity index (χ2v) is 11.6. The summed E-state index contributed by atoms with van der Waals surface area (Å²) in [6.45, 7) is 9.01. The third-order valence-electron chi connectivity index (χ3n) is 6.03. The van der Waals surface area contributed by atoms with Crippen LogP contribution < -0.4 is 5.73 Å². The molecule has 2 N–H and O–H groups in total. The Bertz CT molecular complexity index is 328. The fraction of sp³-hybridized carbons (Fsp3) is 1.00. The zero-order chi connectivity index (χ0) is 22.9. The molecule has 0 fully saturated rings. The summed E-state index contributed by atoms with van der Waals surface area (Å²) in [4.78, 5) is 0. The first-order chi connectivity index (χ1) is 15.2. The third-order valence-corrected chi connectivity index (χ3v) is 9.18. The van der Waals surface area contributed by atoms with E-state index >= 15 is 0 Å². The Balaban J connectivity index is 3.39. The summed E-state index contributed by atoms with van der Waals surface area (Å²) in [5.74, 6) is 0. The molecule has 0 spiro atoms. The normalized spacial score (nSPS) is 12.0. The number of unbranched alkanes of at least 4 members (excludes halogenated alkanes) is 17. The fourth-order valence-electron chi connectivity index (χ4n) is 4.32. The van der Waals surface area contributed by atoms with Crippen molar-refractivity contribution in [2.24, 2.45) is 5.73 Å². The highest BCUT2D eigenvalue weighted by Crippen LogP contribution is 2.21. The average molecular weight is 460 g/mol. The van der Waals surface area contributed by atoms with Crippen molar-refractivity contribution in [1.29, 1.82) is 0 Å². The molecule has 0 heterocycles. The number of nitrogens with two attached hydrogens (primary N) is 1. The molecule has 0 saturated heterocycles. The summed E-state index contributed by atoms with van der Waals surface area (Å²) >= 11 is 0. The van der Waals surface area contributed by atoms with Gasteiger partial charge in [-0.05, 0) is 40.2 Å². The first-order valence-corrected chi connectivity index (χ1v) is 15.8. The summed E-state index contributed by atoms with van der Waals surface area (Å²) in [5, 5.41) is 0. The van der Waals surface area contributed by atoms with Gasteiger partial charge < -0.3 is 19.0 Å². The zero-order valence-corrected chi connectivity index (χ0v) is 22.6. The number of rotatable bonds is 26. The summed E-state index contributed by atoms with van der Waals surface area (Å²) in [5.41, 5.74) is 5.53. The zero-order valence-electron chi connectivity index (χ0n) is 21.6. The van der Waals surface area contributed by atoms with Crippen LogP contribution in [0.4, 0.5) is 0 Å². The van der Waals surface area contributed by atoms with Crippen LogP contribution in [0.15, 0.2) is 0 Å². The quantitative estimate of drug-likeness (QED) is 0.105. The topological polar surface area (TPSA) is 53.7 Å². The molecule has 0 bridgehead atoms. The van der Waals surface area contributed by atoms with E-state index in [4.69, 9.17) is 19.0 Å². The highest BCUT2D eigenvalue weighted by atomic mass is 28.4. The van der Waals surface area contributed by atoms with E-state index in [9.17, 15) is 0 Å². The standard InChI is InChI=1S/C26H57NO3Si/c1-4-28-31(29-5-2,30-6-3)26-24-22-20-18-16-14-12-10-8-7-9-11-13-15-17-19-21-23-25-27/h4-27H2,1-3H3. The molecule has 0 rings (SSSR count). The Morgan fingerprint density at radius 2 is 0.677 bits per heavy atom. The molecule has 188 valence electrons. The van der Waals surface area contributed by atoms with Gasteiger partial charge in [0.1, 0.15) is 0 Å². The van der Waals surface area contributed by atoms with Crippen LogP contribution in [-0.2, 0) is 13.3 Å². The van der Waals surface area contributed by atoms with E-state index in [1.54, 1.807) is 0 Å². The summed E-state index contributed by atoms with van der Waals surface area (Å²) < 4.78 is 17.8. The van der Waals surface area contributed by atoms with E-state index in [1.807, 2.05) is 20.8 Å². The number of hydrogen-bond acceptors (Lipinski definition) is 4. The molecular weight excluding hydrogens is 402 g/mol. The van der Waals surface area contributed by atoms with Crippen LogP contribution in [-0.4, -0.2) is 35.2 Å². The molecule has 0 unspecified atom stereocenters. The lowest BCUT2D eigenvalue weighted by molar-refractivity contribution is 0.0706. The molecule has 0 radical (unpaired) electrons. The lowest BCUT2D eigenvalue weighted by Gasteiger charge is -2.28. The molecule has 0 atom stereocenters. The van der Waals surface area contributed by atoms with Gasteiger partial charge in [-0.1, -0.05) is 103 Å². The van der Waals surface area contributed by atoms with E-state index in [-0.39, 0.29) is 0 Å². The molecule has 0 aromatic rings. The largest absolute Gasteiger partial charge is 0.500 e. The second-order valence-electron chi connectivity index (χ2n) is 8.88. The van der Waals surface area contributed by atoms with Crippen molar-refractivity contribution < 1.29 is 13.3 Å². The van der Waals surface area contributed by atoms with Crippen LogP contribution in [0.25, 0.3) is 0 Å². The molecular formula is C26H57NO3Si. The van der Waals surface area contributed by atoms with E-state index in [1.165, 1.54) is 116 Å². The first-order valence-electron chi connectivity index (χ1n) is 13.9. The third kappa shape index (κ3) is 20.4. The van der Waals surface area contributed by atoms with Crippen molar-refractivity contribution in [3.63, 3.8) is 0 Å². The predicted octanol–water partition coefficient (Wildman–Crippen LogP) is 8.02. The average Bonchev–Trinajstić information content (AvgIpc) is 2.76. The first kappa shape index (κ1) is 31.1. The molecule has 0 saturated carbocycles. The summed E-state index contributed by atoms with van der Waals surface area (Å²) in [7, 11) is -2.41. The van der Waals surface area contributed by atoms with Crippen molar-refractivity contribution in [3.8, 4) is 0 Å². The van der Waals surface area contributed by atoms with Gasteiger partial charge in [0.05, 0.1) is 0 Å². The molecule has 31 heavy (non-hydrogen) atoms. The molecule has 0 aliphatic rings. The highest BCUT2D eigenvalue weighted by molar-refractivity contribution is 6.60. The van der Waals surface area contributed by atoms with Crippen LogP contribution in [0, 0.1) is 0 Å². The van der Waals surface area contributed by atoms with Gasteiger partial charge in [0.25, 0.3) is 0 Å². The van der Waals surface area contributed by atoms with Crippen molar-refractivity contribution in [1.82, 2.24) is 0 Å². The van der Waals surface area contributed by atoms with Gasteiger partial charge in [-0.2, -0.15) is 0 Å². The van der Waals surface area contributed by atoms with Gasteiger partial charge in [0.15, 0.2) is 0 Å². The fourth-order valence-corrected chi connectivity index (χ4v) is 7.00. The minimum Gasteiger partial charge on any atom is -0.374 e. The van der Waals surface area contributed by atoms with Crippen LogP contribution in [0.1, 0.15) is 136 Å². The maximum atomic E-state index is 5.94. The monoisotopic (exact) mass is 459 g/mol. The van der Waals surface area contributed by atoms with Gasteiger partial charge >= 0.3 is 8.80 Å². The SMILES string of the molecule is CCO[Si](CCCCCCCCCCCCCCCCCCCCN)(OCC)OCC. The molecule has 0 amide bonds. The van der Waals surface area contributed by atoms with E-state index in [0.717, 1.165) is 12.6 Å². The van der Waals surface area contributed by atoms with Gasteiger partial charge in [-0.3, -0.25) is 0 Å². The van der Waals surface area contributed by atoms with Crippen LogP contribution >= 0.6 is 0 Å². The predicted molar refractivity (Wildman–Crippen MR) is 138 cm³/mol. The lowest BCUT2D eigenvalue weighted by Crippen LogP contribution is -2.45.